The zero-order chi connectivity index (χ0) is 12.8. The normalized spacial score (nSPS) is 12.7. The Hall–Kier alpha value is -2.40. The maximum atomic E-state index is 12.4. The predicted octanol–water partition coefficient (Wildman–Crippen LogP) is 1.47. The number of benzene rings is 1. The van der Waals surface area contributed by atoms with Crippen molar-refractivity contribution in [2.45, 2.75) is 0 Å². The van der Waals surface area contributed by atoms with Gasteiger partial charge in [-0.15, -0.1) is 4.40 Å². The van der Waals surface area contributed by atoms with Gasteiger partial charge in [0.05, 0.1) is 6.26 Å². The van der Waals surface area contributed by atoms with Crippen LogP contribution >= 0.6 is 11.3 Å². The van der Waals surface area contributed by atoms with Gasteiger partial charge in [-0.3, -0.25) is 0 Å². The largest absolute Gasteiger partial charge is 0.465 e. The number of furan rings is 1. The zero-order valence-corrected chi connectivity index (χ0v) is 10.6. The minimum absolute atomic E-state index is 0.0196. The van der Waals surface area contributed by atoms with Gasteiger partial charge in [0, 0.05) is 6.08 Å². The third kappa shape index (κ3) is 1.52. The van der Waals surface area contributed by atoms with Gasteiger partial charge in [-0.2, -0.15) is 0 Å². The number of nitrogens with zero attached hydrogens (tertiary/aromatic N) is 1. The Morgan fingerprint density at radius 1 is 1.21 bits per heavy atom. The number of nitrogens with one attached hydrogen (secondary N) is 1. The molecule has 0 bridgehead atoms. The van der Waals surface area contributed by atoms with Crippen molar-refractivity contribution in [1.82, 2.24) is 4.40 Å². The molecule has 0 spiro atoms. The van der Waals surface area contributed by atoms with E-state index in [-0.39, 0.29) is 5.56 Å². The summed E-state index contributed by atoms with van der Waals surface area (Å²) in [6.07, 6.45) is 3.36. The Labute approximate surface area is 111 Å². The summed E-state index contributed by atoms with van der Waals surface area (Å²) >= 11 is 1.43. The second kappa shape index (κ2) is 3.80. The van der Waals surface area contributed by atoms with E-state index in [0.717, 1.165) is 16.0 Å². The van der Waals surface area contributed by atoms with E-state index < -0.39 is 0 Å². The molecule has 0 unspecified atom stereocenters. The minimum Gasteiger partial charge on any atom is -0.465 e. The molecule has 0 radical (unpaired) electrons. The molecule has 0 saturated heterocycles. The average Bonchev–Trinajstić information content (AvgIpc) is 3.09. The molecule has 3 aromatic heterocycles. The van der Waals surface area contributed by atoms with Crippen molar-refractivity contribution in [2.75, 3.05) is 0 Å². The average molecular weight is 269 g/mol. The number of hydrogen-bond donors (Lipinski definition) is 0. The first-order chi connectivity index (χ1) is 9.33. The molecule has 1 aromatic carbocycles. The molecule has 19 heavy (non-hydrogen) atoms. The van der Waals surface area contributed by atoms with Crippen LogP contribution in [0.4, 0.5) is 0 Å². The van der Waals surface area contributed by atoms with Crippen molar-refractivity contribution < 1.29 is 9.40 Å². The van der Waals surface area contributed by atoms with E-state index in [1.807, 2.05) is 30.3 Å². The molecule has 0 saturated carbocycles. The van der Waals surface area contributed by atoms with Gasteiger partial charge in [0.25, 0.3) is 0 Å². The lowest BCUT2D eigenvalue weighted by molar-refractivity contribution is -0.308. The molecular weight excluding hydrogens is 260 g/mol. The molecule has 0 aliphatic heterocycles. The lowest BCUT2D eigenvalue weighted by Crippen LogP contribution is -2.22. The molecule has 4 rings (SSSR count). The van der Waals surface area contributed by atoms with Gasteiger partial charge in [0.15, 0.2) is 11.0 Å². The fraction of sp³-hybridized carbons (Fsp3) is 0. The number of thiazole rings is 1. The van der Waals surface area contributed by atoms with Gasteiger partial charge in [0.1, 0.15) is 10.3 Å². The van der Waals surface area contributed by atoms with Crippen molar-refractivity contribution in [1.29, 1.82) is 0 Å². The number of para-hydroxylation sites is 2. The maximum absolute atomic E-state index is 12.4. The van der Waals surface area contributed by atoms with Gasteiger partial charge < -0.3 is 4.42 Å². The molecule has 0 amide bonds. The van der Waals surface area contributed by atoms with Crippen molar-refractivity contribution in [3.63, 3.8) is 0 Å². The minimum atomic E-state index is -0.0196. The standard InChI is InChI=1S/C14H8N2O2S/c17-13-12(8-9-4-3-7-18-9)19-14-15-10-5-1-2-6-11(10)16(13)14/h1-8H/p+1. The first-order valence-electron chi connectivity index (χ1n) is 5.83. The number of fused-ring (bicyclic) bond motifs is 3. The van der Waals surface area contributed by atoms with Gasteiger partial charge in [-0.25, -0.2) is 9.78 Å². The highest BCUT2D eigenvalue weighted by Gasteiger charge is 2.18. The molecular formula is C14H9N2O2S+. The Morgan fingerprint density at radius 2 is 2.11 bits per heavy atom. The van der Waals surface area contributed by atoms with Crippen LogP contribution in [0.5, 0.6) is 0 Å². The Morgan fingerprint density at radius 3 is 2.95 bits per heavy atom. The second-order valence-corrected chi connectivity index (χ2v) is 5.24. The number of hydrogen-bond acceptors (Lipinski definition) is 3. The highest BCUT2D eigenvalue weighted by Crippen LogP contribution is 2.11. The number of H-pyrrole nitrogens is 1. The molecule has 0 fully saturated rings. The first kappa shape index (κ1) is 10.5. The van der Waals surface area contributed by atoms with Crippen LogP contribution in [0.15, 0.2) is 51.9 Å². The maximum Gasteiger partial charge on any atom is 0.357 e. The highest BCUT2D eigenvalue weighted by atomic mass is 32.1. The number of aromatic nitrogens is 2. The van der Waals surface area contributed by atoms with Crippen LogP contribution in [0.25, 0.3) is 22.1 Å². The zero-order valence-electron chi connectivity index (χ0n) is 9.79. The molecule has 4 nitrogen and oxygen atoms in total. The van der Waals surface area contributed by atoms with Gasteiger partial charge in [0.2, 0.25) is 0 Å². The van der Waals surface area contributed by atoms with E-state index in [1.165, 1.54) is 11.3 Å². The van der Waals surface area contributed by atoms with Crippen LogP contribution in [0.1, 0.15) is 5.76 Å². The van der Waals surface area contributed by atoms with Crippen molar-refractivity contribution >= 4 is 33.4 Å². The summed E-state index contributed by atoms with van der Waals surface area (Å²) in [7, 11) is 0. The summed E-state index contributed by atoms with van der Waals surface area (Å²) in [5.74, 6) is 0.686. The van der Waals surface area contributed by atoms with Crippen molar-refractivity contribution in [2.24, 2.45) is 0 Å². The summed E-state index contributed by atoms with van der Waals surface area (Å²) < 4.78 is 7.61. The molecule has 4 aromatic rings. The topological polar surface area (TPSA) is 48.8 Å². The summed E-state index contributed by atoms with van der Waals surface area (Å²) in [4.78, 5) is 16.5. The SMILES string of the molecule is O=c1c(=Cc2ccco2)sc2[nH+]c3ccccc3n12. The highest BCUT2D eigenvalue weighted by molar-refractivity contribution is 7.14. The molecule has 1 N–H and O–H groups in total. The fourth-order valence-electron chi connectivity index (χ4n) is 2.18. The summed E-state index contributed by atoms with van der Waals surface area (Å²) in [5.41, 5.74) is 1.85. The summed E-state index contributed by atoms with van der Waals surface area (Å²) in [6, 6.07) is 11.4. The predicted molar refractivity (Wildman–Crippen MR) is 73.1 cm³/mol. The molecule has 5 heteroatoms. The van der Waals surface area contributed by atoms with Gasteiger partial charge in [-0.1, -0.05) is 12.1 Å². The fourth-order valence-corrected chi connectivity index (χ4v) is 3.17. The van der Waals surface area contributed by atoms with Crippen LogP contribution in [0.3, 0.4) is 0 Å². The van der Waals surface area contributed by atoms with E-state index in [9.17, 15) is 4.79 Å². The lowest BCUT2D eigenvalue weighted by Gasteiger charge is -1.80. The van der Waals surface area contributed by atoms with E-state index >= 15 is 0 Å². The quantitative estimate of drug-likeness (QED) is 0.525. The molecule has 0 aliphatic carbocycles. The van der Waals surface area contributed by atoms with Crippen molar-refractivity contribution in [3.05, 3.63) is 63.3 Å². The Bertz CT molecular complexity index is 980. The van der Waals surface area contributed by atoms with Crippen LogP contribution in [0, 0.1) is 0 Å². The van der Waals surface area contributed by atoms with Gasteiger partial charge in [-0.05, 0) is 35.6 Å². The first-order valence-corrected chi connectivity index (χ1v) is 6.65. The molecule has 0 aliphatic rings. The number of rotatable bonds is 1. The molecule has 92 valence electrons. The van der Waals surface area contributed by atoms with E-state index in [1.54, 1.807) is 22.8 Å². The lowest BCUT2D eigenvalue weighted by atomic mass is 10.3. The van der Waals surface area contributed by atoms with Crippen LogP contribution in [0.2, 0.25) is 0 Å². The number of imidazole rings is 1. The van der Waals surface area contributed by atoms with E-state index in [2.05, 4.69) is 4.98 Å². The smallest absolute Gasteiger partial charge is 0.357 e. The van der Waals surface area contributed by atoms with Crippen LogP contribution < -0.4 is 15.1 Å². The van der Waals surface area contributed by atoms with E-state index in [4.69, 9.17) is 4.42 Å². The molecule has 3 heterocycles. The Balaban J connectivity index is 2.11. The van der Waals surface area contributed by atoms with Crippen molar-refractivity contribution in [3.8, 4) is 0 Å². The van der Waals surface area contributed by atoms with Crippen LogP contribution in [-0.2, 0) is 0 Å². The summed E-state index contributed by atoms with van der Waals surface area (Å²) in [6.45, 7) is 0. The second-order valence-electron chi connectivity index (χ2n) is 4.21. The summed E-state index contributed by atoms with van der Waals surface area (Å²) in [5, 5.41) is 0. The number of aromatic amines is 1. The Kier molecular flexibility index (Phi) is 2.10. The third-order valence-corrected chi connectivity index (χ3v) is 4.02. The monoisotopic (exact) mass is 269 g/mol. The van der Waals surface area contributed by atoms with Gasteiger partial charge >= 0.3 is 10.5 Å². The van der Waals surface area contributed by atoms with E-state index in [0.29, 0.717) is 10.3 Å². The molecule has 0 atom stereocenters. The third-order valence-electron chi connectivity index (χ3n) is 3.03. The van der Waals surface area contributed by atoms with Crippen LogP contribution in [-0.4, -0.2) is 4.40 Å².